The van der Waals surface area contributed by atoms with E-state index in [0.29, 0.717) is 0 Å². The summed E-state index contributed by atoms with van der Waals surface area (Å²) in [6.07, 6.45) is 3.19. The van der Waals surface area contributed by atoms with Crippen LogP contribution < -0.4 is 9.47 Å². The van der Waals surface area contributed by atoms with Gasteiger partial charge in [0.05, 0.1) is 14.2 Å². The zero-order valence-corrected chi connectivity index (χ0v) is 13.5. The quantitative estimate of drug-likeness (QED) is 0.707. The van der Waals surface area contributed by atoms with Crippen molar-refractivity contribution in [2.45, 2.75) is 20.3 Å². The van der Waals surface area contributed by atoms with E-state index in [0.717, 1.165) is 23.5 Å². The van der Waals surface area contributed by atoms with Gasteiger partial charge in [-0.15, -0.1) is 0 Å². The molecule has 0 aliphatic heterocycles. The summed E-state index contributed by atoms with van der Waals surface area (Å²) in [5.74, 6) is 1.50. The highest BCUT2D eigenvalue weighted by atomic mass is 16.5. The number of nitrogens with zero attached hydrogens (tertiary/aromatic N) is 1. The van der Waals surface area contributed by atoms with Gasteiger partial charge in [-0.1, -0.05) is 13.0 Å². The Bertz CT molecular complexity index is 818. The van der Waals surface area contributed by atoms with E-state index in [2.05, 4.69) is 48.7 Å². The Hall–Kier alpha value is -2.42. The standard InChI is InChI=1S/C19H21NO2/c1-5-14-8-9-20-13(2)17(12-16(20)10-14)15-6-7-18(21-3)19(11-15)22-4/h6-12H,5H2,1-4H3. The van der Waals surface area contributed by atoms with Gasteiger partial charge in [0.2, 0.25) is 0 Å². The van der Waals surface area contributed by atoms with Crippen LogP contribution in [0.15, 0.2) is 42.6 Å². The molecule has 22 heavy (non-hydrogen) atoms. The molecule has 0 saturated heterocycles. The van der Waals surface area contributed by atoms with Crippen molar-refractivity contribution >= 4 is 5.52 Å². The minimum atomic E-state index is 0.751. The lowest BCUT2D eigenvalue weighted by molar-refractivity contribution is 0.355. The smallest absolute Gasteiger partial charge is 0.161 e. The monoisotopic (exact) mass is 295 g/mol. The van der Waals surface area contributed by atoms with Gasteiger partial charge in [0.25, 0.3) is 0 Å². The summed E-state index contributed by atoms with van der Waals surface area (Å²) in [7, 11) is 3.32. The maximum Gasteiger partial charge on any atom is 0.161 e. The lowest BCUT2D eigenvalue weighted by atomic mass is 10.1. The van der Waals surface area contributed by atoms with Crippen molar-refractivity contribution in [2.24, 2.45) is 0 Å². The van der Waals surface area contributed by atoms with Gasteiger partial charge >= 0.3 is 0 Å². The molecular weight excluding hydrogens is 274 g/mol. The Morgan fingerprint density at radius 2 is 1.73 bits per heavy atom. The molecule has 0 saturated carbocycles. The van der Waals surface area contributed by atoms with Gasteiger partial charge in [-0.3, -0.25) is 0 Å². The van der Waals surface area contributed by atoms with Crippen LogP contribution in [0, 0.1) is 6.92 Å². The van der Waals surface area contributed by atoms with E-state index >= 15 is 0 Å². The zero-order valence-electron chi connectivity index (χ0n) is 13.5. The lowest BCUT2D eigenvalue weighted by Crippen LogP contribution is -1.92. The van der Waals surface area contributed by atoms with Gasteiger partial charge in [-0.05, 0) is 54.8 Å². The van der Waals surface area contributed by atoms with Crippen molar-refractivity contribution in [3.63, 3.8) is 0 Å². The molecular formula is C19H21NO2. The van der Waals surface area contributed by atoms with Crippen LogP contribution in [0.25, 0.3) is 16.6 Å². The molecule has 0 fully saturated rings. The molecule has 0 N–H and O–H groups in total. The number of hydrogen-bond donors (Lipinski definition) is 0. The van der Waals surface area contributed by atoms with E-state index < -0.39 is 0 Å². The van der Waals surface area contributed by atoms with Crippen molar-refractivity contribution in [2.75, 3.05) is 14.2 Å². The Morgan fingerprint density at radius 1 is 0.955 bits per heavy atom. The molecule has 0 unspecified atom stereocenters. The molecule has 2 heterocycles. The highest BCUT2D eigenvalue weighted by Crippen LogP contribution is 2.35. The second-order valence-corrected chi connectivity index (χ2v) is 5.40. The van der Waals surface area contributed by atoms with E-state index in [-0.39, 0.29) is 0 Å². The van der Waals surface area contributed by atoms with Gasteiger partial charge in [-0.25, -0.2) is 0 Å². The zero-order chi connectivity index (χ0) is 15.7. The van der Waals surface area contributed by atoms with Crippen LogP contribution in [0.2, 0.25) is 0 Å². The van der Waals surface area contributed by atoms with Gasteiger partial charge in [0, 0.05) is 23.0 Å². The second kappa shape index (κ2) is 5.76. The van der Waals surface area contributed by atoms with E-state index in [1.165, 1.54) is 22.3 Å². The van der Waals surface area contributed by atoms with Crippen LogP contribution in [0.5, 0.6) is 11.5 Å². The fourth-order valence-corrected chi connectivity index (χ4v) is 2.88. The number of hydrogen-bond acceptors (Lipinski definition) is 2. The average molecular weight is 295 g/mol. The van der Waals surface area contributed by atoms with Crippen LogP contribution in [0.1, 0.15) is 18.2 Å². The van der Waals surface area contributed by atoms with Crippen LogP contribution in [-0.4, -0.2) is 18.6 Å². The molecule has 2 aromatic heterocycles. The normalized spacial score (nSPS) is 10.9. The van der Waals surface area contributed by atoms with Crippen LogP contribution in [-0.2, 0) is 6.42 Å². The van der Waals surface area contributed by atoms with Crippen molar-refractivity contribution in [3.05, 3.63) is 53.9 Å². The third-order valence-corrected chi connectivity index (χ3v) is 4.20. The number of ether oxygens (including phenoxy) is 2. The first-order valence-corrected chi connectivity index (χ1v) is 7.51. The molecule has 3 aromatic rings. The minimum absolute atomic E-state index is 0.751. The summed E-state index contributed by atoms with van der Waals surface area (Å²) < 4.78 is 13.0. The molecule has 114 valence electrons. The summed E-state index contributed by atoms with van der Waals surface area (Å²) in [4.78, 5) is 0. The highest BCUT2D eigenvalue weighted by molar-refractivity contribution is 5.75. The predicted octanol–water partition coefficient (Wildman–Crippen LogP) is 4.49. The second-order valence-electron chi connectivity index (χ2n) is 5.40. The number of benzene rings is 1. The van der Waals surface area contributed by atoms with Crippen LogP contribution >= 0.6 is 0 Å². The molecule has 0 bridgehead atoms. The van der Waals surface area contributed by atoms with E-state index in [4.69, 9.17) is 9.47 Å². The van der Waals surface area contributed by atoms with Crippen molar-refractivity contribution in [1.29, 1.82) is 0 Å². The Balaban J connectivity index is 2.15. The first-order chi connectivity index (χ1) is 10.7. The lowest BCUT2D eigenvalue weighted by Gasteiger charge is -2.09. The van der Waals surface area contributed by atoms with Crippen molar-refractivity contribution in [3.8, 4) is 22.6 Å². The number of aryl methyl sites for hydroxylation is 2. The van der Waals surface area contributed by atoms with Crippen molar-refractivity contribution in [1.82, 2.24) is 4.40 Å². The van der Waals surface area contributed by atoms with Gasteiger partial charge in [0.1, 0.15) is 0 Å². The van der Waals surface area contributed by atoms with Gasteiger partial charge in [0.15, 0.2) is 11.5 Å². The molecule has 3 nitrogen and oxygen atoms in total. The molecule has 0 aliphatic carbocycles. The fourth-order valence-electron chi connectivity index (χ4n) is 2.88. The molecule has 0 aliphatic rings. The molecule has 3 rings (SSSR count). The van der Waals surface area contributed by atoms with E-state index in [1.807, 2.05) is 12.1 Å². The molecule has 0 spiro atoms. The third-order valence-electron chi connectivity index (χ3n) is 4.20. The number of aromatic nitrogens is 1. The average Bonchev–Trinajstić information content (AvgIpc) is 2.90. The Labute approximate surface area is 131 Å². The minimum Gasteiger partial charge on any atom is -0.493 e. The van der Waals surface area contributed by atoms with E-state index in [9.17, 15) is 0 Å². The molecule has 0 atom stereocenters. The van der Waals surface area contributed by atoms with Crippen LogP contribution in [0.4, 0.5) is 0 Å². The number of fused-ring (bicyclic) bond motifs is 1. The SMILES string of the molecule is CCc1ccn2c(C)c(-c3ccc(OC)c(OC)c3)cc2c1. The van der Waals surface area contributed by atoms with E-state index in [1.54, 1.807) is 14.2 Å². The number of methoxy groups -OCH3 is 2. The summed E-state index contributed by atoms with van der Waals surface area (Å²) in [6.45, 7) is 4.32. The number of rotatable bonds is 4. The van der Waals surface area contributed by atoms with Gasteiger partial charge in [-0.2, -0.15) is 0 Å². The molecule has 0 amide bonds. The summed E-state index contributed by atoms with van der Waals surface area (Å²) in [5.41, 5.74) is 6.15. The Kier molecular flexibility index (Phi) is 3.80. The summed E-state index contributed by atoms with van der Waals surface area (Å²) in [6, 6.07) is 12.7. The highest BCUT2D eigenvalue weighted by Gasteiger charge is 2.11. The number of pyridine rings is 1. The molecule has 0 radical (unpaired) electrons. The molecule has 1 aromatic carbocycles. The Morgan fingerprint density at radius 3 is 2.41 bits per heavy atom. The topological polar surface area (TPSA) is 22.9 Å². The van der Waals surface area contributed by atoms with Gasteiger partial charge < -0.3 is 13.9 Å². The van der Waals surface area contributed by atoms with Crippen molar-refractivity contribution < 1.29 is 9.47 Å². The van der Waals surface area contributed by atoms with Crippen LogP contribution in [0.3, 0.4) is 0 Å². The predicted molar refractivity (Wildman–Crippen MR) is 90.1 cm³/mol. The summed E-state index contributed by atoms with van der Waals surface area (Å²) in [5, 5.41) is 0. The maximum atomic E-state index is 5.42. The summed E-state index contributed by atoms with van der Waals surface area (Å²) >= 11 is 0. The maximum absolute atomic E-state index is 5.42. The largest absolute Gasteiger partial charge is 0.493 e. The first-order valence-electron chi connectivity index (χ1n) is 7.51. The third kappa shape index (κ3) is 2.33. The molecule has 3 heteroatoms. The fraction of sp³-hybridized carbons (Fsp3) is 0.263. The first kappa shape index (κ1) is 14.5.